The summed E-state index contributed by atoms with van der Waals surface area (Å²) in [5, 5.41) is -0.446. The largest absolute Gasteiger partial charge is 0.464 e. The first-order valence-corrected chi connectivity index (χ1v) is 12.1. The van der Waals surface area contributed by atoms with E-state index >= 15 is 0 Å². The quantitative estimate of drug-likeness (QED) is 0.430. The van der Waals surface area contributed by atoms with Crippen LogP contribution in [0.2, 0.25) is 0 Å². The molecule has 0 unspecified atom stereocenters. The second-order valence-electron chi connectivity index (χ2n) is 9.63. The van der Waals surface area contributed by atoms with Gasteiger partial charge in [0, 0.05) is 17.3 Å². The molecular formula is C25H34N2O4S. The van der Waals surface area contributed by atoms with Crippen molar-refractivity contribution in [1.82, 2.24) is 4.90 Å². The van der Waals surface area contributed by atoms with Crippen molar-refractivity contribution in [3.63, 3.8) is 0 Å². The van der Waals surface area contributed by atoms with Gasteiger partial charge in [-0.3, -0.25) is 14.5 Å². The molecule has 1 aromatic rings. The number of ether oxygens (including phenoxy) is 1. The highest BCUT2D eigenvalue weighted by molar-refractivity contribution is 8.18. The maximum atomic E-state index is 13.0. The Morgan fingerprint density at radius 2 is 1.94 bits per heavy atom. The second kappa shape index (κ2) is 8.93. The van der Waals surface area contributed by atoms with E-state index < -0.39 is 23.2 Å². The van der Waals surface area contributed by atoms with Crippen LogP contribution in [0.15, 0.2) is 17.0 Å². The highest BCUT2D eigenvalue weighted by Gasteiger charge is 2.42. The summed E-state index contributed by atoms with van der Waals surface area (Å²) in [5.41, 5.74) is 4.52. The zero-order valence-electron chi connectivity index (χ0n) is 20.3. The van der Waals surface area contributed by atoms with Gasteiger partial charge in [0.05, 0.1) is 11.5 Å². The molecule has 0 aliphatic carbocycles. The minimum Gasteiger partial charge on any atom is -0.464 e. The van der Waals surface area contributed by atoms with Crippen molar-refractivity contribution in [3.05, 3.63) is 33.7 Å². The monoisotopic (exact) mass is 458 g/mol. The molecule has 2 amide bonds. The summed E-state index contributed by atoms with van der Waals surface area (Å²) in [6, 6.07) is 3.77. The summed E-state index contributed by atoms with van der Waals surface area (Å²) in [4.78, 5) is 41.3. The van der Waals surface area contributed by atoms with Crippen molar-refractivity contribution in [2.75, 3.05) is 11.5 Å². The predicted octanol–water partition coefficient (Wildman–Crippen LogP) is 5.48. The van der Waals surface area contributed by atoms with Crippen LogP contribution in [0, 0.1) is 6.92 Å². The average Bonchev–Trinajstić information content (AvgIpc) is 2.94. The van der Waals surface area contributed by atoms with Crippen LogP contribution in [-0.2, 0) is 14.3 Å². The number of aryl methyl sites for hydroxylation is 1. The van der Waals surface area contributed by atoms with Gasteiger partial charge in [-0.1, -0.05) is 6.92 Å². The Bertz CT molecular complexity index is 982. The summed E-state index contributed by atoms with van der Waals surface area (Å²) in [6.07, 6.45) is 2.82. The summed E-state index contributed by atoms with van der Waals surface area (Å²) in [5.74, 6) is -0.650. The standard InChI is InChI=1S/C25H34N2O4S/c1-9-31-23(29)17(6)26-22(28)21(32-24(26)30)12-18-11-19-16(5)13-25(7,8)27(14(2)3)20(19)10-15(18)4/h10-12,14,16-17H,9,13H2,1-8H3/b21-12+/t16-,17+/m0/s1. The molecule has 2 atom stereocenters. The van der Waals surface area contributed by atoms with Gasteiger partial charge in [-0.2, -0.15) is 0 Å². The van der Waals surface area contributed by atoms with E-state index in [0.717, 1.165) is 34.2 Å². The first-order valence-electron chi connectivity index (χ1n) is 11.3. The van der Waals surface area contributed by atoms with E-state index in [1.165, 1.54) is 18.2 Å². The van der Waals surface area contributed by atoms with Crippen molar-refractivity contribution < 1.29 is 19.1 Å². The Labute approximate surface area is 195 Å². The molecule has 1 aromatic carbocycles. The van der Waals surface area contributed by atoms with E-state index in [4.69, 9.17) is 4.74 Å². The molecule has 174 valence electrons. The van der Waals surface area contributed by atoms with Crippen LogP contribution in [0.4, 0.5) is 10.5 Å². The number of nitrogens with zero attached hydrogens (tertiary/aromatic N) is 2. The number of anilines is 1. The van der Waals surface area contributed by atoms with Gasteiger partial charge in [0.2, 0.25) is 0 Å². The van der Waals surface area contributed by atoms with Crippen LogP contribution in [0.3, 0.4) is 0 Å². The average molecular weight is 459 g/mol. The molecule has 1 saturated heterocycles. The summed E-state index contributed by atoms with van der Waals surface area (Å²) < 4.78 is 4.99. The van der Waals surface area contributed by atoms with Crippen molar-refractivity contribution in [2.45, 2.75) is 85.4 Å². The van der Waals surface area contributed by atoms with Crippen LogP contribution in [-0.4, -0.2) is 46.2 Å². The van der Waals surface area contributed by atoms with Gasteiger partial charge in [-0.15, -0.1) is 0 Å². The highest BCUT2D eigenvalue weighted by atomic mass is 32.2. The molecule has 1 fully saturated rings. The predicted molar refractivity (Wildman–Crippen MR) is 130 cm³/mol. The Hall–Kier alpha value is -2.28. The maximum absolute atomic E-state index is 13.0. The molecule has 6 nitrogen and oxygen atoms in total. The van der Waals surface area contributed by atoms with Crippen LogP contribution < -0.4 is 4.90 Å². The number of benzene rings is 1. The molecule has 0 spiro atoms. The number of rotatable bonds is 5. The van der Waals surface area contributed by atoms with E-state index in [9.17, 15) is 14.4 Å². The van der Waals surface area contributed by atoms with Gasteiger partial charge in [0.25, 0.3) is 11.1 Å². The summed E-state index contributed by atoms with van der Waals surface area (Å²) in [6.45, 7) is 16.7. The molecule has 3 rings (SSSR count). The first kappa shape index (κ1) is 24.4. The normalized spacial score (nSPS) is 22.5. The van der Waals surface area contributed by atoms with Crippen molar-refractivity contribution in [2.24, 2.45) is 0 Å². The van der Waals surface area contributed by atoms with Gasteiger partial charge in [0.1, 0.15) is 6.04 Å². The SMILES string of the molecule is CCOC(=O)[C@@H](C)N1C(=O)S/C(=C/c2cc3c(cc2C)N(C(C)C)C(C)(C)C[C@@H]3C)C1=O. The molecule has 2 aliphatic rings. The molecule has 32 heavy (non-hydrogen) atoms. The Morgan fingerprint density at radius 3 is 2.53 bits per heavy atom. The van der Waals surface area contributed by atoms with Gasteiger partial charge in [0.15, 0.2) is 0 Å². The number of imide groups is 1. The van der Waals surface area contributed by atoms with Crippen molar-refractivity contribution in [3.8, 4) is 0 Å². The molecule has 2 aliphatic heterocycles. The fraction of sp³-hybridized carbons (Fsp3) is 0.560. The third-order valence-corrected chi connectivity index (χ3v) is 7.19. The number of carbonyl (C=O) groups is 3. The Morgan fingerprint density at radius 1 is 1.28 bits per heavy atom. The van der Waals surface area contributed by atoms with Crippen molar-refractivity contribution >= 4 is 40.6 Å². The molecule has 0 bridgehead atoms. The van der Waals surface area contributed by atoms with E-state index in [-0.39, 0.29) is 12.1 Å². The van der Waals surface area contributed by atoms with E-state index in [1.807, 2.05) is 6.92 Å². The van der Waals surface area contributed by atoms with Gasteiger partial charge in [-0.05, 0) is 107 Å². The lowest BCUT2D eigenvalue weighted by atomic mass is 9.78. The number of esters is 1. The van der Waals surface area contributed by atoms with Crippen LogP contribution in [0.5, 0.6) is 0 Å². The lowest BCUT2D eigenvalue weighted by molar-refractivity contribution is -0.150. The van der Waals surface area contributed by atoms with Crippen molar-refractivity contribution in [1.29, 1.82) is 0 Å². The minimum atomic E-state index is -0.945. The van der Waals surface area contributed by atoms with Crippen LogP contribution in [0.1, 0.15) is 77.5 Å². The third-order valence-electron chi connectivity index (χ3n) is 6.31. The number of carbonyl (C=O) groups excluding carboxylic acids is 3. The molecule has 0 aromatic heterocycles. The lowest BCUT2D eigenvalue weighted by Gasteiger charge is -2.50. The third kappa shape index (κ3) is 4.32. The Balaban J connectivity index is 1.99. The molecule has 0 saturated carbocycles. The number of hydrogen-bond donors (Lipinski definition) is 0. The summed E-state index contributed by atoms with van der Waals surface area (Å²) >= 11 is 0.873. The van der Waals surface area contributed by atoms with E-state index in [1.54, 1.807) is 13.0 Å². The molecule has 2 heterocycles. The van der Waals surface area contributed by atoms with E-state index in [2.05, 4.69) is 51.7 Å². The maximum Gasteiger partial charge on any atom is 0.329 e. The highest BCUT2D eigenvalue weighted by Crippen LogP contribution is 2.46. The topological polar surface area (TPSA) is 66.9 Å². The number of fused-ring (bicyclic) bond motifs is 1. The van der Waals surface area contributed by atoms with E-state index in [0.29, 0.717) is 16.9 Å². The van der Waals surface area contributed by atoms with Gasteiger partial charge < -0.3 is 9.64 Å². The molecule has 0 radical (unpaired) electrons. The fourth-order valence-electron chi connectivity index (χ4n) is 5.07. The fourth-order valence-corrected chi connectivity index (χ4v) is 5.97. The smallest absolute Gasteiger partial charge is 0.329 e. The van der Waals surface area contributed by atoms with Gasteiger partial charge in [-0.25, -0.2) is 4.79 Å². The second-order valence-corrected chi connectivity index (χ2v) is 10.6. The Kier molecular flexibility index (Phi) is 6.80. The lowest BCUT2D eigenvalue weighted by Crippen LogP contribution is -2.51. The van der Waals surface area contributed by atoms with Gasteiger partial charge >= 0.3 is 5.97 Å². The zero-order chi connectivity index (χ0) is 24.0. The number of amides is 2. The first-order chi connectivity index (χ1) is 14.9. The number of hydrogen-bond acceptors (Lipinski definition) is 6. The number of thioether (sulfide) groups is 1. The zero-order valence-corrected chi connectivity index (χ0v) is 21.1. The molecule has 0 N–H and O–H groups in total. The summed E-state index contributed by atoms with van der Waals surface area (Å²) in [7, 11) is 0. The van der Waals surface area contributed by atoms with Crippen LogP contribution >= 0.6 is 11.8 Å². The molecule has 7 heteroatoms. The minimum absolute atomic E-state index is 0.0560. The van der Waals surface area contributed by atoms with Crippen LogP contribution in [0.25, 0.3) is 6.08 Å². The molecular weight excluding hydrogens is 424 g/mol.